The van der Waals surface area contributed by atoms with Gasteiger partial charge in [0.2, 0.25) is 0 Å². The third kappa shape index (κ3) is 3.34. The van der Waals surface area contributed by atoms with E-state index in [0.29, 0.717) is 0 Å². The first kappa shape index (κ1) is 16.0. The zero-order valence-electron chi connectivity index (χ0n) is 14.5. The fourth-order valence-corrected chi connectivity index (χ4v) is 3.88. The van der Waals surface area contributed by atoms with Gasteiger partial charge in [0.25, 0.3) is 0 Å². The monoisotopic (exact) mass is 335 g/mol. The van der Waals surface area contributed by atoms with Crippen molar-refractivity contribution in [3.05, 3.63) is 60.2 Å². The van der Waals surface area contributed by atoms with Gasteiger partial charge in [-0.1, -0.05) is 30.3 Å². The van der Waals surface area contributed by atoms with Crippen LogP contribution in [-0.4, -0.2) is 19.1 Å². The Labute approximate surface area is 149 Å². The lowest BCUT2D eigenvalue weighted by atomic mass is 9.72. The van der Waals surface area contributed by atoms with Crippen LogP contribution < -0.4 is 15.5 Å². The minimum atomic E-state index is -0.208. The van der Waals surface area contributed by atoms with Crippen LogP contribution in [0.1, 0.15) is 37.7 Å². The summed E-state index contributed by atoms with van der Waals surface area (Å²) >= 11 is 0. The lowest BCUT2D eigenvalue weighted by Gasteiger charge is -2.43. The quantitative estimate of drug-likeness (QED) is 0.865. The summed E-state index contributed by atoms with van der Waals surface area (Å²) in [5, 5.41) is 6.19. The molecule has 4 heteroatoms. The van der Waals surface area contributed by atoms with Crippen LogP contribution in [0.2, 0.25) is 0 Å². The summed E-state index contributed by atoms with van der Waals surface area (Å²) in [6.07, 6.45) is 5.68. The van der Waals surface area contributed by atoms with Crippen LogP contribution in [0.4, 0.5) is 16.2 Å². The first-order chi connectivity index (χ1) is 12.3. The molecule has 0 aromatic heterocycles. The van der Waals surface area contributed by atoms with Gasteiger partial charge in [0, 0.05) is 24.5 Å². The number of benzene rings is 2. The van der Waals surface area contributed by atoms with E-state index in [1.807, 2.05) is 30.3 Å². The number of rotatable bonds is 4. The molecular formula is C21H25N3O. The smallest absolute Gasteiger partial charge is 0.319 e. The Morgan fingerprint density at radius 2 is 1.56 bits per heavy atom. The average Bonchev–Trinajstić information content (AvgIpc) is 3.14. The number of urea groups is 1. The molecule has 25 heavy (non-hydrogen) atoms. The van der Waals surface area contributed by atoms with Crippen LogP contribution in [0.25, 0.3) is 0 Å². The Hall–Kier alpha value is -2.49. The number of anilines is 2. The molecule has 1 aliphatic heterocycles. The Morgan fingerprint density at radius 1 is 0.880 bits per heavy atom. The molecule has 0 bridgehead atoms. The van der Waals surface area contributed by atoms with Crippen LogP contribution in [0.5, 0.6) is 0 Å². The normalized spacial score (nSPS) is 18.5. The molecule has 2 aromatic carbocycles. The van der Waals surface area contributed by atoms with E-state index >= 15 is 0 Å². The van der Waals surface area contributed by atoms with Crippen LogP contribution in [0, 0.1) is 0 Å². The van der Waals surface area contributed by atoms with E-state index in [1.54, 1.807) is 0 Å². The Bertz CT molecular complexity index is 717. The second kappa shape index (κ2) is 6.79. The number of amides is 2. The van der Waals surface area contributed by atoms with E-state index in [0.717, 1.165) is 38.0 Å². The second-order valence-corrected chi connectivity index (χ2v) is 7.12. The number of nitrogens with one attached hydrogen (secondary N) is 2. The Morgan fingerprint density at radius 3 is 2.16 bits per heavy atom. The van der Waals surface area contributed by atoms with Crippen molar-refractivity contribution in [2.45, 2.75) is 37.6 Å². The van der Waals surface area contributed by atoms with E-state index in [1.165, 1.54) is 24.1 Å². The van der Waals surface area contributed by atoms with Gasteiger partial charge < -0.3 is 15.5 Å². The fourth-order valence-electron chi connectivity index (χ4n) is 3.88. The molecule has 2 aromatic rings. The molecule has 130 valence electrons. The zero-order valence-corrected chi connectivity index (χ0v) is 14.5. The van der Waals surface area contributed by atoms with E-state index in [9.17, 15) is 4.79 Å². The van der Waals surface area contributed by atoms with Crippen molar-refractivity contribution >= 4 is 17.4 Å². The Kier molecular flexibility index (Phi) is 4.35. The number of hydrogen-bond acceptors (Lipinski definition) is 2. The van der Waals surface area contributed by atoms with Gasteiger partial charge in [-0.2, -0.15) is 0 Å². The summed E-state index contributed by atoms with van der Waals surface area (Å²) in [7, 11) is 0. The maximum atomic E-state index is 12.5. The molecule has 1 aliphatic carbocycles. The first-order valence-corrected chi connectivity index (χ1v) is 9.25. The van der Waals surface area contributed by atoms with Gasteiger partial charge in [-0.15, -0.1) is 0 Å². The van der Waals surface area contributed by atoms with Gasteiger partial charge in [-0.25, -0.2) is 4.79 Å². The highest BCUT2D eigenvalue weighted by atomic mass is 16.2. The van der Waals surface area contributed by atoms with E-state index in [2.05, 4.69) is 39.8 Å². The molecule has 2 aliphatic rings. The van der Waals surface area contributed by atoms with Gasteiger partial charge in [-0.3, -0.25) is 0 Å². The van der Waals surface area contributed by atoms with Gasteiger partial charge in [0.05, 0.1) is 5.54 Å². The van der Waals surface area contributed by atoms with Crippen molar-refractivity contribution in [2.75, 3.05) is 23.3 Å². The summed E-state index contributed by atoms with van der Waals surface area (Å²) in [4.78, 5) is 14.9. The van der Waals surface area contributed by atoms with Crippen LogP contribution in [-0.2, 0) is 5.54 Å². The minimum absolute atomic E-state index is 0.127. The molecule has 0 unspecified atom stereocenters. The lowest BCUT2D eigenvalue weighted by molar-refractivity contribution is 0.185. The summed E-state index contributed by atoms with van der Waals surface area (Å²) in [6, 6.07) is 18.3. The number of nitrogens with zero attached hydrogens (tertiary/aromatic N) is 1. The lowest BCUT2D eigenvalue weighted by Crippen LogP contribution is -2.52. The summed E-state index contributed by atoms with van der Waals surface area (Å²) in [5.41, 5.74) is 3.06. The SMILES string of the molecule is O=C(Nc1ccc(N2CCCC2)cc1)NC1(c2ccccc2)CCC1. The number of hydrogen-bond donors (Lipinski definition) is 2. The molecule has 2 amide bonds. The maximum Gasteiger partial charge on any atom is 0.319 e. The zero-order chi connectivity index (χ0) is 17.1. The van der Waals surface area contributed by atoms with Crippen molar-refractivity contribution in [3.8, 4) is 0 Å². The van der Waals surface area contributed by atoms with Crippen molar-refractivity contribution in [2.24, 2.45) is 0 Å². The molecular weight excluding hydrogens is 310 g/mol. The highest BCUT2D eigenvalue weighted by Gasteiger charge is 2.39. The van der Waals surface area contributed by atoms with Gasteiger partial charge >= 0.3 is 6.03 Å². The summed E-state index contributed by atoms with van der Waals surface area (Å²) in [6.45, 7) is 2.26. The number of carbonyl (C=O) groups is 1. The van der Waals surface area contributed by atoms with Crippen LogP contribution in [0.3, 0.4) is 0 Å². The second-order valence-electron chi connectivity index (χ2n) is 7.12. The first-order valence-electron chi connectivity index (χ1n) is 9.25. The van der Waals surface area contributed by atoms with E-state index in [-0.39, 0.29) is 11.6 Å². The highest BCUT2D eigenvalue weighted by Crippen LogP contribution is 2.41. The largest absolute Gasteiger partial charge is 0.372 e. The molecule has 1 heterocycles. The van der Waals surface area contributed by atoms with Crippen molar-refractivity contribution < 1.29 is 4.79 Å². The van der Waals surface area contributed by atoms with E-state index in [4.69, 9.17) is 0 Å². The third-order valence-corrected chi connectivity index (χ3v) is 5.48. The van der Waals surface area contributed by atoms with Crippen molar-refractivity contribution in [3.63, 3.8) is 0 Å². The summed E-state index contributed by atoms with van der Waals surface area (Å²) in [5.74, 6) is 0. The molecule has 0 radical (unpaired) electrons. The summed E-state index contributed by atoms with van der Waals surface area (Å²) < 4.78 is 0. The molecule has 2 fully saturated rings. The maximum absolute atomic E-state index is 12.5. The molecule has 0 atom stereocenters. The molecule has 1 saturated carbocycles. The Balaban J connectivity index is 1.40. The standard InChI is InChI=1S/C21H25N3O/c25-20(23-21(13-6-14-21)17-7-2-1-3-8-17)22-18-9-11-19(12-10-18)24-15-4-5-16-24/h1-3,7-12H,4-6,13-16H2,(H2,22,23,25). The average molecular weight is 335 g/mol. The highest BCUT2D eigenvalue weighted by molar-refractivity contribution is 5.90. The third-order valence-electron chi connectivity index (χ3n) is 5.48. The molecule has 4 nitrogen and oxygen atoms in total. The molecule has 0 spiro atoms. The topological polar surface area (TPSA) is 44.4 Å². The van der Waals surface area contributed by atoms with Crippen molar-refractivity contribution in [1.29, 1.82) is 0 Å². The van der Waals surface area contributed by atoms with Gasteiger partial charge in [-0.05, 0) is 61.9 Å². The molecule has 4 rings (SSSR count). The predicted octanol–water partition coefficient (Wildman–Crippen LogP) is 4.49. The van der Waals surface area contributed by atoms with Crippen molar-refractivity contribution in [1.82, 2.24) is 5.32 Å². The molecule has 1 saturated heterocycles. The van der Waals surface area contributed by atoms with Crippen LogP contribution >= 0.6 is 0 Å². The minimum Gasteiger partial charge on any atom is -0.372 e. The van der Waals surface area contributed by atoms with Gasteiger partial charge in [0.15, 0.2) is 0 Å². The van der Waals surface area contributed by atoms with Crippen LogP contribution in [0.15, 0.2) is 54.6 Å². The predicted molar refractivity (Wildman–Crippen MR) is 102 cm³/mol. The van der Waals surface area contributed by atoms with E-state index < -0.39 is 0 Å². The number of carbonyl (C=O) groups excluding carboxylic acids is 1. The fraction of sp³-hybridized carbons (Fsp3) is 0.381. The van der Waals surface area contributed by atoms with Gasteiger partial charge in [0.1, 0.15) is 0 Å². The molecule has 2 N–H and O–H groups in total.